The fourth-order valence-corrected chi connectivity index (χ4v) is 3.25. The van der Waals surface area contributed by atoms with Gasteiger partial charge in [0, 0.05) is 31.5 Å². The molecule has 2 atom stereocenters. The number of carbonyl (C=O) groups is 1. The summed E-state index contributed by atoms with van der Waals surface area (Å²) in [6.45, 7) is 2.62. The lowest BCUT2D eigenvalue weighted by Crippen LogP contribution is -2.20. The molecule has 0 N–H and O–H groups in total. The molecule has 0 bridgehead atoms. The normalized spacial score (nSPS) is 21.7. The Morgan fingerprint density at radius 2 is 1.95 bits per heavy atom. The molecule has 1 heterocycles. The van der Waals surface area contributed by atoms with Gasteiger partial charge in [0.15, 0.2) is 0 Å². The van der Waals surface area contributed by atoms with Gasteiger partial charge in [0.05, 0.1) is 7.11 Å². The summed E-state index contributed by atoms with van der Waals surface area (Å²) in [6.07, 6.45) is 1.11. The minimum absolute atomic E-state index is 0.0517. The van der Waals surface area contributed by atoms with Crippen molar-refractivity contribution in [2.75, 3.05) is 20.2 Å². The number of likely N-dealkylation sites (tertiary alicyclic amines) is 1. The molecule has 2 aromatic rings. The molecule has 3 nitrogen and oxygen atoms in total. The SMILES string of the molecule is COc1cccc([C@@H]2CN(Cc3ccccc3)C[C@H]2C=O)c1. The van der Waals surface area contributed by atoms with Crippen molar-refractivity contribution in [3.05, 3.63) is 65.7 Å². The Balaban J connectivity index is 1.75. The molecule has 0 aromatic heterocycles. The van der Waals surface area contributed by atoms with Crippen molar-refractivity contribution in [3.8, 4) is 5.75 Å². The molecule has 0 radical (unpaired) electrons. The molecule has 0 unspecified atom stereocenters. The lowest BCUT2D eigenvalue weighted by atomic mass is 9.90. The van der Waals surface area contributed by atoms with Crippen LogP contribution in [0.3, 0.4) is 0 Å². The highest BCUT2D eigenvalue weighted by molar-refractivity contribution is 5.57. The van der Waals surface area contributed by atoms with Gasteiger partial charge in [-0.1, -0.05) is 42.5 Å². The van der Waals surface area contributed by atoms with Crippen molar-refractivity contribution in [2.45, 2.75) is 12.5 Å². The number of carbonyl (C=O) groups excluding carboxylic acids is 1. The van der Waals surface area contributed by atoms with Crippen molar-refractivity contribution in [1.82, 2.24) is 4.90 Å². The Labute approximate surface area is 131 Å². The van der Waals surface area contributed by atoms with Crippen LogP contribution in [-0.4, -0.2) is 31.4 Å². The number of hydrogen-bond donors (Lipinski definition) is 0. The molecule has 3 heteroatoms. The monoisotopic (exact) mass is 295 g/mol. The second-order valence-electron chi connectivity index (χ2n) is 5.86. The molecule has 0 saturated carbocycles. The molecule has 0 spiro atoms. The van der Waals surface area contributed by atoms with Crippen LogP contribution < -0.4 is 4.74 Å². The van der Waals surface area contributed by atoms with Gasteiger partial charge in [-0.15, -0.1) is 0 Å². The number of nitrogens with zero attached hydrogens (tertiary/aromatic N) is 1. The minimum atomic E-state index is 0.0517. The number of ether oxygens (including phenoxy) is 1. The number of methoxy groups -OCH3 is 1. The maximum atomic E-state index is 11.5. The second kappa shape index (κ2) is 6.75. The first-order valence-corrected chi connectivity index (χ1v) is 7.65. The fraction of sp³-hybridized carbons (Fsp3) is 0.316. The van der Waals surface area contributed by atoms with Crippen molar-refractivity contribution in [3.63, 3.8) is 0 Å². The molecule has 1 aliphatic heterocycles. The number of rotatable bonds is 5. The van der Waals surface area contributed by atoms with Gasteiger partial charge in [-0.25, -0.2) is 0 Å². The third-order valence-corrected chi connectivity index (χ3v) is 4.39. The zero-order chi connectivity index (χ0) is 15.4. The molecule has 1 aliphatic rings. The molecule has 1 fully saturated rings. The number of hydrogen-bond acceptors (Lipinski definition) is 3. The first kappa shape index (κ1) is 14.8. The molecule has 22 heavy (non-hydrogen) atoms. The first-order valence-electron chi connectivity index (χ1n) is 7.65. The summed E-state index contributed by atoms with van der Waals surface area (Å²) in [5.41, 5.74) is 2.48. The van der Waals surface area contributed by atoms with Crippen LogP contribution in [0.2, 0.25) is 0 Å². The van der Waals surface area contributed by atoms with Crippen LogP contribution in [0.1, 0.15) is 17.0 Å². The molecular weight excluding hydrogens is 274 g/mol. The van der Waals surface area contributed by atoms with E-state index in [0.717, 1.165) is 31.7 Å². The van der Waals surface area contributed by atoms with Gasteiger partial charge in [0.25, 0.3) is 0 Å². The zero-order valence-corrected chi connectivity index (χ0v) is 12.8. The van der Waals surface area contributed by atoms with Crippen LogP contribution in [0.5, 0.6) is 5.75 Å². The van der Waals surface area contributed by atoms with E-state index in [0.29, 0.717) is 0 Å². The highest BCUT2D eigenvalue weighted by Crippen LogP contribution is 2.33. The van der Waals surface area contributed by atoms with Gasteiger partial charge in [-0.3, -0.25) is 4.90 Å². The van der Waals surface area contributed by atoms with E-state index in [-0.39, 0.29) is 11.8 Å². The van der Waals surface area contributed by atoms with Gasteiger partial charge >= 0.3 is 0 Å². The lowest BCUT2D eigenvalue weighted by Gasteiger charge is -2.16. The summed E-state index contributed by atoms with van der Waals surface area (Å²) in [5, 5.41) is 0. The predicted octanol–water partition coefficient (Wildman–Crippen LogP) is 3.11. The summed E-state index contributed by atoms with van der Waals surface area (Å²) < 4.78 is 5.30. The zero-order valence-electron chi connectivity index (χ0n) is 12.8. The van der Waals surface area contributed by atoms with Crippen LogP contribution in [0, 0.1) is 5.92 Å². The lowest BCUT2D eigenvalue weighted by molar-refractivity contribution is -0.111. The van der Waals surface area contributed by atoms with E-state index in [1.165, 1.54) is 11.1 Å². The third-order valence-electron chi connectivity index (χ3n) is 4.39. The molecule has 2 aromatic carbocycles. The van der Waals surface area contributed by atoms with Gasteiger partial charge in [0.2, 0.25) is 0 Å². The van der Waals surface area contributed by atoms with Gasteiger partial charge in [0.1, 0.15) is 12.0 Å². The summed E-state index contributed by atoms with van der Waals surface area (Å²) in [5.74, 6) is 1.15. The molecule has 114 valence electrons. The number of benzene rings is 2. The second-order valence-corrected chi connectivity index (χ2v) is 5.86. The van der Waals surface area contributed by atoms with Gasteiger partial charge in [-0.05, 0) is 23.3 Å². The Hall–Kier alpha value is -2.13. The molecule has 0 amide bonds. The standard InChI is InChI=1S/C19H21NO2/c1-22-18-9-5-8-16(10-18)19-13-20(12-17(19)14-21)11-15-6-3-2-4-7-15/h2-10,14,17,19H,11-13H2,1H3/t17-,19-/m0/s1. The predicted molar refractivity (Wildman–Crippen MR) is 87.0 cm³/mol. The van der Waals surface area contributed by atoms with E-state index in [2.05, 4.69) is 35.2 Å². The van der Waals surface area contributed by atoms with Gasteiger partial charge in [-0.2, -0.15) is 0 Å². The van der Waals surface area contributed by atoms with Crippen LogP contribution in [0.4, 0.5) is 0 Å². The Morgan fingerprint density at radius 3 is 2.68 bits per heavy atom. The Morgan fingerprint density at radius 1 is 1.14 bits per heavy atom. The molecule has 3 rings (SSSR count). The van der Waals surface area contributed by atoms with Crippen molar-refractivity contribution in [1.29, 1.82) is 0 Å². The van der Waals surface area contributed by atoms with E-state index >= 15 is 0 Å². The average molecular weight is 295 g/mol. The van der Waals surface area contributed by atoms with Gasteiger partial charge < -0.3 is 9.53 Å². The maximum Gasteiger partial charge on any atom is 0.125 e. The Kier molecular flexibility index (Phi) is 4.54. The quantitative estimate of drug-likeness (QED) is 0.794. The van der Waals surface area contributed by atoms with Crippen LogP contribution in [0.25, 0.3) is 0 Å². The Bertz CT molecular complexity index is 626. The maximum absolute atomic E-state index is 11.5. The van der Waals surface area contributed by atoms with E-state index in [1.807, 2.05) is 24.3 Å². The van der Waals surface area contributed by atoms with Crippen molar-refractivity contribution < 1.29 is 9.53 Å². The van der Waals surface area contributed by atoms with E-state index in [4.69, 9.17) is 4.74 Å². The molecular formula is C19H21NO2. The first-order chi connectivity index (χ1) is 10.8. The third kappa shape index (κ3) is 3.20. The highest BCUT2D eigenvalue weighted by Gasteiger charge is 2.33. The van der Waals surface area contributed by atoms with E-state index < -0.39 is 0 Å². The summed E-state index contributed by atoms with van der Waals surface area (Å²) in [7, 11) is 1.67. The smallest absolute Gasteiger partial charge is 0.125 e. The largest absolute Gasteiger partial charge is 0.497 e. The van der Waals surface area contributed by atoms with Crippen LogP contribution in [-0.2, 0) is 11.3 Å². The molecule has 0 aliphatic carbocycles. The number of aldehydes is 1. The van der Waals surface area contributed by atoms with E-state index in [1.54, 1.807) is 7.11 Å². The van der Waals surface area contributed by atoms with Crippen molar-refractivity contribution >= 4 is 6.29 Å². The summed E-state index contributed by atoms with van der Waals surface area (Å²) in [6, 6.07) is 18.5. The minimum Gasteiger partial charge on any atom is -0.497 e. The summed E-state index contributed by atoms with van der Waals surface area (Å²) in [4.78, 5) is 13.8. The van der Waals surface area contributed by atoms with E-state index in [9.17, 15) is 4.79 Å². The van der Waals surface area contributed by atoms with Crippen LogP contribution >= 0.6 is 0 Å². The van der Waals surface area contributed by atoms with Crippen LogP contribution in [0.15, 0.2) is 54.6 Å². The molecule has 1 saturated heterocycles. The topological polar surface area (TPSA) is 29.5 Å². The fourth-order valence-electron chi connectivity index (χ4n) is 3.25. The van der Waals surface area contributed by atoms with Crippen molar-refractivity contribution in [2.24, 2.45) is 5.92 Å². The average Bonchev–Trinajstić information content (AvgIpc) is 2.99. The summed E-state index contributed by atoms with van der Waals surface area (Å²) >= 11 is 0. The highest BCUT2D eigenvalue weighted by atomic mass is 16.5.